The number of rotatable bonds is 5. The van der Waals surface area contributed by atoms with Gasteiger partial charge >= 0.3 is 0 Å². The van der Waals surface area contributed by atoms with Crippen LogP contribution in [0.4, 0.5) is 5.82 Å². The molecule has 1 N–H and O–H groups in total. The Labute approximate surface area is 184 Å². The maximum Gasteiger partial charge on any atom is 0.275 e. The molecule has 32 heavy (non-hydrogen) atoms. The van der Waals surface area contributed by atoms with E-state index in [1.807, 2.05) is 42.6 Å². The Kier molecular flexibility index (Phi) is 3.92. The number of aromatic nitrogens is 5. The van der Waals surface area contributed by atoms with Gasteiger partial charge in [0.15, 0.2) is 5.82 Å². The minimum atomic E-state index is -0.306. The van der Waals surface area contributed by atoms with E-state index in [0.29, 0.717) is 29.6 Å². The van der Waals surface area contributed by atoms with Crippen molar-refractivity contribution in [3.8, 4) is 5.88 Å². The largest absolute Gasteiger partial charge is 0.472 e. The number of fused-ring (bicyclic) bond motifs is 3. The van der Waals surface area contributed by atoms with Crippen LogP contribution in [-0.2, 0) is 10.2 Å². The SMILES string of the molecule is CC(C)Oc1nc(NC(=O)c2cccc3ccnn23)cn2cc(C34COC(C)(C3)C4)nc12. The van der Waals surface area contributed by atoms with Crippen molar-refractivity contribution in [2.75, 3.05) is 11.9 Å². The van der Waals surface area contributed by atoms with E-state index >= 15 is 0 Å². The number of pyridine rings is 1. The van der Waals surface area contributed by atoms with Crippen molar-refractivity contribution in [1.29, 1.82) is 0 Å². The Morgan fingerprint density at radius 2 is 2.06 bits per heavy atom. The lowest BCUT2D eigenvalue weighted by molar-refractivity contribution is 0.0154. The molecule has 3 aliphatic rings. The van der Waals surface area contributed by atoms with Gasteiger partial charge in [-0.2, -0.15) is 10.1 Å². The van der Waals surface area contributed by atoms with Gasteiger partial charge in [-0.05, 0) is 51.8 Å². The number of nitrogens with zero attached hydrogens (tertiary/aromatic N) is 5. The van der Waals surface area contributed by atoms with Gasteiger partial charge in [0.05, 0.1) is 41.9 Å². The van der Waals surface area contributed by atoms with Gasteiger partial charge in [-0.15, -0.1) is 0 Å². The molecule has 164 valence electrons. The quantitative estimate of drug-likeness (QED) is 0.520. The second-order valence-corrected chi connectivity index (χ2v) is 9.36. The number of carbonyl (C=O) groups excluding carboxylic acids is 1. The van der Waals surface area contributed by atoms with Crippen molar-refractivity contribution in [2.45, 2.75) is 50.7 Å². The molecule has 4 aromatic rings. The summed E-state index contributed by atoms with van der Waals surface area (Å²) in [6.45, 7) is 6.70. The molecule has 1 aliphatic carbocycles. The monoisotopic (exact) mass is 432 g/mol. The van der Waals surface area contributed by atoms with Crippen LogP contribution in [-0.4, -0.2) is 48.2 Å². The predicted molar refractivity (Wildman–Crippen MR) is 117 cm³/mol. The normalized spacial score (nSPS) is 24.2. The molecule has 2 aliphatic heterocycles. The number of imidazole rings is 1. The maximum atomic E-state index is 13.0. The van der Waals surface area contributed by atoms with E-state index in [-0.39, 0.29) is 23.0 Å². The third-order valence-electron chi connectivity index (χ3n) is 6.31. The first-order valence-electron chi connectivity index (χ1n) is 10.8. The van der Waals surface area contributed by atoms with E-state index in [2.05, 4.69) is 22.3 Å². The van der Waals surface area contributed by atoms with Crippen LogP contribution in [0.1, 0.15) is 49.8 Å². The zero-order valence-electron chi connectivity index (χ0n) is 18.2. The third-order valence-corrected chi connectivity index (χ3v) is 6.31. The first kappa shape index (κ1) is 19.2. The average Bonchev–Trinajstić information content (AvgIpc) is 3.47. The number of hydrogen-bond donors (Lipinski definition) is 1. The van der Waals surface area contributed by atoms with Gasteiger partial charge in [-0.25, -0.2) is 9.50 Å². The highest BCUT2D eigenvalue weighted by Crippen LogP contribution is 2.58. The van der Waals surface area contributed by atoms with Crippen LogP contribution in [0.15, 0.2) is 42.9 Å². The fourth-order valence-corrected chi connectivity index (χ4v) is 5.04. The van der Waals surface area contributed by atoms with Gasteiger partial charge in [0.2, 0.25) is 5.65 Å². The zero-order valence-corrected chi connectivity index (χ0v) is 18.2. The van der Waals surface area contributed by atoms with Crippen LogP contribution in [0.2, 0.25) is 0 Å². The van der Waals surface area contributed by atoms with Gasteiger partial charge in [0, 0.05) is 11.6 Å². The number of ether oxygens (including phenoxy) is 2. The summed E-state index contributed by atoms with van der Waals surface area (Å²) in [5.41, 5.74) is 2.80. The molecular weight excluding hydrogens is 408 g/mol. The zero-order chi connectivity index (χ0) is 22.1. The van der Waals surface area contributed by atoms with Crippen molar-refractivity contribution >= 4 is 22.9 Å². The van der Waals surface area contributed by atoms with Crippen LogP contribution in [0.25, 0.3) is 11.2 Å². The average molecular weight is 432 g/mol. The third kappa shape index (κ3) is 2.88. The first-order chi connectivity index (χ1) is 15.3. The lowest BCUT2D eigenvalue weighted by Gasteiger charge is -2.41. The standard InChI is InChI=1S/C23H24N6O3/c1-14(2)32-21-19-25-17(23-11-22(3,12-23)31-13-23)9-28(19)10-18(27-21)26-20(30)16-6-4-5-15-7-8-24-29(15)16/h4-10,14H,11-13H2,1-3H3,(H,26,30). The van der Waals surface area contributed by atoms with Crippen LogP contribution in [0.3, 0.4) is 0 Å². The minimum Gasteiger partial charge on any atom is -0.472 e. The summed E-state index contributed by atoms with van der Waals surface area (Å²) in [6, 6.07) is 7.29. The second-order valence-electron chi connectivity index (χ2n) is 9.36. The first-order valence-corrected chi connectivity index (χ1v) is 10.8. The summed E-state index contributed by atoms with van der Waals surface area (Å²) >= 11 is 0. The molecule has 4 aromatic heterocycles. The number of nitrogens with one attached hydrogen (secondary N) is 1. The van der Waals surface area contributed by atoms with Crippen molar-refractivity contribution in [3.05, 3.63) is 54.2 Å². The summed E-state index contributed by atoms with van der Waals surface area (Å²) in [7, 11) is 0. The smallest absolute Gasteiger partial charge is 0.275 e. The van der Waals surface area contributed by atoms with Crippen LogP contribution in [0, 0.1) is 0 Å². The number of amides is 1. The highest BCUT2D eigenvalue weighted by Gasteiger charge is 2.61. The van der Waals surface area contributed by atoms with Gasteiger partial charge in [-0.3, -0.25) is 9.20 Å². The van der Waals surface area contributed by atoms with Crippen molar-refractivity contribution in [3.63, 3.8) is 0 Å². The Hall–Kier alpha value is -3.46. The van der Waals surface area contributed by atoms with E-state index in [1.54, 1.807) is 23.0 Å². The van der Waals surface area contributed by atoms with Gasteiger partial charge in [0.1, 0.15) is 5.69 Å². The van der Waals surface area contributed by atoms with Gasteiger partial charge in [0.25, 0.3) is 11.8 Å². The minimum absolute atomic E-state index is 0.0298. The van der Waals surface area contributed by atoms with Crippen molar-refractivity contribution in [2.24, 2.45) is 0 Å². The molecule has 7 rings (SSSR count). The van der Waals surface area contributed by atoms with E-state index in [0.717, 1.165) is 24.1 Å². The Bertz CT molecular complexity index is 1360. The van der Waals surface area contributed by atoms with Crippen molar-refractivity contribution in [1.82, 2.24) is 24.0 Å². The Balaban J connectivity index is 1.38. The number of carbonyl (C=O) groups is 1. The molecule has 6 heterocycles. The molecule has 0 unspecified atom stereocenters. The second kappa shape index (κ2) is 6.52. The number of anilines is 1. The Morgan fingerprint density at radius 3 is 2.81 bits per heavy atom. The fourth-order valence-electron chi connectivity index (χ4n) is 5.04. The fraction of sp³-hybridized carbons (Fsp3) is 0.391. The van der Waals surface area contributed by atoms with Gasteiger partial charge in [-0.1, -0.05) is 6.07 Å². The molecule has 2 saturated heterocycles. The maximum absolute atomic E-state index is 13.0. The summed E-state index contributed by atoms with van der Waals surface area (Å²) < 4.78 is 15.4. The molecule has 9 nitrogen and oxygen atoms in total. The highest BCUT2D eigenvalue weighted by molar-refractivity contribution is 6.03. The van der Waals surface area contributed by atoms with E-state index in [9.17, 15) is 4.79 Å². The lowest BCUT2D eigenvalue weighted by Crippen LogP contribution is -2.45. The molecule has 1 saturated carbocycles. The molecule has 3 fully saturated rings. The van der Waals surface area contributed by atoms with E-state index < -0.39 is 0 Å². The Morgan fingerprint density at radius 1 is 1.22 bits per heavy atom. The van der Waals surface area contributed by atoms with Crippen LogP contribution in [0.5, 0.6) is 5.88 Å². The lowest BCUT2D eigenvalue weighted by atomic mass is 9.62. The van der Waals surface area contributed by atoms with Gasteiger partial charge < -0.3 is 14.8 Å². The molecule has 9 heteroatoms. The molecule has 0 radical (unpaired) electrons. The van der Waals surface area contributed by atoms with Crippen LogP contribution < -0.4 is 10.1 Å². The van der Waals surface area contributed by atoms with Crippen LogP contribution >= 0.6 is 0 Å². The summed E-state index contributed by atoms with van der Waals surface area (Å²) in [5.74, 6) is 0.461. The summed E-state index contributed by atoms with van der Waals surface area (Å²) in [6.07, 6.45) is 7.28. The predicted octanol–water partition coefficient (Wildman–Crippen LogP) is 3.24. The van der Waals surface area contributed by atoms with E-state index in [4.69, 9.17) is 14.5 Å². The summed E-state index contributed by atoms with van der Waals surface area (Å²) in [4.78, 5) is 22.4. The molecule has 2 bridgehead atoms. The van der Waals surface area contributed by atoms with E-state index in [1.165, 1.54) is 0 Å². The summed E-state index contributed by atoms with van der Waals surface area (Å²) in [5, 5.41) is 7.12. The molecule has 0 aromatic carbocycles. The molecular formula is C23H24N6O3. The topological polar surface area (TPSA) is 95.0 Å². The number of hydrogen-bond acceptors (Lipinski definition) is 6. The van der Waals surface area contributed by atoms with Crippen molar-refractivity contribution < 1.29 is 14.3 Å². The molecule has 0 spiro atoms. The molecule has 1 amide bonds. The molecule has 0 atom stereocenters. The highest BCUT2D eigenvalue weighted by atomic mass is 16.5.